The third-order valence-electron chi connectivity index (χ3n) is 3.87. The molecule has 84 valence electrons. The van der Waals surface area contributed by atoms with Crippen molar-refractivity contribution in [2.24, 2.45) is 11.8 Å². The van der Waals surface area contributed by atoms with Gasteiger partial charge in [0.1, 0.15) is 0 Å². The lowest BCUT2D eigenvalue weighted by atomic mass is 9.78. The van der Waals surface area contributed by atoms with Gasteiger partial charge < -0.3 is 10.4 Å². The van der Waals surface area contributed by atoms with Crippen LogP contribution in [0.25, 0.3) is 0 Å². The summed E-state index contributed by atoms with van der Waals surface area (Å²) < 4.78 is 0. The highest BCUT2D eigenvalue weighted by Crippen LogP contribution is 2.29. The summed E-state index contributed by atoms with van der Waals surface area (Å²) in [7, 11) is 0. The fraction of sp³-hybridized carbons (Fsp3) is 1.00. The van der Waals surface area contributed by atoms with Crippen LogP contribution < -0.4 is 5.32 Å². The summed E-state index contributed by atoms with van der Waals surface area (Å²) in [6.07, 6.45) is 5.01. The molecule has 1 saturated carbocycles. The van der Waals surface area contributed by atoms with Gasteiger partial charge in [0.05, 0.1) is 6.61 Å². The van der Waals surface area contributed by atoms with E-state index in [0.717, 1.165) is 18.3 Å². The second-order valence-corrected chi connectivity index (χ2v) is 4.83. The van der Waals surface area contributed by atoms with Crippen LogP contribution in [0.3, 0.4) is 0 Å². The molecular weight excluding hydrogens is 174 g/mol. The van der Waals surface area contributed by atoms with Crippen LogP contribution in [0, 0.1) is 11.8 Å². The van der Waals surface area contributed by atoms with Crippen molar-refractivity contribution in [3.8, 4) is 0 Å². The first-order valence-electron chi connectivity index (χ1n) is 6.06. The molecule has 0 radical (unpaired) electrons. The first-order chi connectivity index (χ1) is 6.69. The zero-order valence-electron chi connectivity index (χ0n) is 9.79. The van der Waals surface area contributed by atoms with E-state index in [2.05, 4.69) is 26.1 Å². The lowest BCUT2D eigenvalue weighted by Gasteiger charge is -2.36. The molecule has 1 aliphatic carbocycles. The van der Waals surface area contributed by atoms with Gasteiger partial charge in [-0.1, -0.05) is 33.6 Å². The average Bonchev–Trinajstić information content (AvgIpc) is 2.20. The molecule has 0 amide bonds. The second-order valence-electron chi connectivity index (χ2n) is 4.83. The molecule has 0 aliphatic heterocycles. The first kappa shape index (κ1) is 12.0. The Hall–Kier alpha value is -0.0800. The normalized spacial score (nSPS) is 35.6. The SMILES string of the molecule is CC[C@@H](CO)NC1CCCC(C)C1C. The van der Waals surface area contributed by atoms with E-state index >= 15 is 0 Å². The lowest BCUT2D eigenvalue weighted by molar-refractivity contribution is 0.162. The Morgan fingerprint density at radius 2 is 2.07 bits per heavy atom. The maximum absolute atomic E-state index is 9.15. The van der Waals surface area contributed by atoms with Gasteiger partial charge in [0.2, 0.25) is 0 Å². The Labute approximate surface area is 88.1 Å². The van der Waals surface area contributed by atoms with Gasteiger partial charge in [0.15, 0.2) is 0 Å². The molecule has 14 heavy (non-hydrogen) atoms. The number of nitrogens with one attached hydrogen (secondary N) is 1. The van der Waals surface area contributed by atoms with Crippen LogP contribution in [0.15, 0.2) is 0 Å². The fourth-order valence-corrected chi connectivity index (χ4v) is 2.42. The summed E-state index contributed by atoms with van der Waals surface area (Å²) in [6.45, 7) is 7.09. The smallest absolute Gasteiger partial charge is 0.0584 e. The number of hydrogen-bond donors (Lipinski definition) is 2. The molecule has 2 N–H and O–H groups in total. The third-order valence-corrected chi connectivity index (χ3v) is 3.87. The van der Waals surface area contributed by atoms with E-state index in [1.165, 1.54) is 19.3 Å². The molecule has 1 fully saturated rings. The van der Waals surface area contributed by atoms with Gasteiger partial charge in [-0.05, 0) is 24.7 Å². The van der Waals surface area contributed by atoms with Crippen LogP contribution >= 0.6 is 0 Å². The molecule has 1 aliphatic rings. The predicted octanol–water partition coefficient (Wildman–Crippen LogP) is 2.17. The van der Waals surface area contributed by atoms with E-state index in [-0.39, 0.29) is 6.61 Å². The minimum atomic E-state index is 0.272. The Kier molecular flexibility index (Phi) is 4.90. The molecule has 0 aromatic rings. The maximum Gasteiger partial charge on any atom is 0.0584 e. The van der Waals surface area contributed by atoms with E-state index in [0.29, 0.717) is 12.1 Å². The number of hydrogen-bond acceptors (Lipinski definition) is 2. The van der Waals surface area contributed by atoms with E-state index in [1.807, 2.05) is 0 Å². The minimum absolute atomic E-state index is 0.272. The summed E-state index contributed by atoms with van der Waals surface area (Å²) in [6, 6.07) is 0.920. The molecule has 0 saturated heterocycles. The summed E-state index contributed by atoms with van der Waals surface area (Å²) in [5, 5.41) is 12.7. The Morgan fingerprint density at radius 1 is 1.36 bits per heavy atom. The van der Waals surface area contributed by atoms with Crippen molar-refractivity contribution in [2.45, 2.75) is 58.5 Å². The molecule has 2 nitrogen and oxygen atoms in total. The fourth-order valence-electron chi connectivity index (χ4n) is 2.42. The highest BCUT2D eigenvalue weighted by Gasteiger charge is 2.27. The molecule has 4 atom stereocenters. The topological polar surface area (TPSA) is 32.3 Å². The van der Waals surface area contributed by atoms with Gasteiger partial charge in [0.25, 0.3) is 0 Å². The second kappa shape index (κ2) is 5.72. The standard InChI is InChI=1S/C12H25NO/c1-4-11(8-14)13-12-7-5-6-9(2)10(12)3/h9-14H,4-8H2,1-3H3/t9?,10?,11-,12?/m0/s1. The van der Waals surface area contributed by atoms with Crippen LogP contribution in [0.4, 0.5) is 0 Å². The first-order valence-corrected chi connectivity index (χ1v) is 6.06. The van der Waals surface area contributed by atoms with Gasteiger partial charge in [-0.25, -0.2) is 0 Å². The molecular formula is C12H25NO. The minimum Gasteiger partial charge on any atom is -0.395 e. The Bertz CT molecular complexity index is 156. The summed E-state index contributed by atoms with van der Waals surface area (Å²) in [5.74, 6) is 1.58. The van der Waals surface area contributed by atoms with Crippen molar-refractivity contribution < 1.29 is 5.11 Å². The van der Waals surface area contributed by atoms with E-state index in [9.17, 15) is 0 Å². The number of aliphatic hydroxyl groups is 1. The van der Waals surface area contributed by atoms with Gasteiger partial charge in [-0.15, -0.1) is 0 Å². The lowest BCUT2D eigenvalue weighted by Crippen LogP contribution is -2.46. The van der Waals surface area contributed by atoms with Crippen LogP contribution in [0.5, 0.6) is 0 Å². The number of rotatable bonds is 4. The molecule has 0 heterocycles. The zero-order chi connectivity index (χ0) is 10.6. The van der Waals surface area contributed by atoms with Gasteiger partial charge in [0, 0.05) is 12.1 Å². The Morgan fingerprint density at radius 3 is 2.64 bits per heavy atom. The van der Waals surface area contributed by atoms with Crippen molar-refractivity contribution in [3.05, 3.63) is 0 Å². The van der Waals surface area contributed by atoms with Gasteiger partial charge >= 0.3 is 0 Å². The quantitative estimate of drug-likeness (QED) is 0.727. The highest BCUT2D eigenvalue weighted by molar-refractivity contribution is 4.84. The molecule has 0 spiro atoms. The van der Waals surface area contributed by atoms with Crippen molar-refractivity contribution in [1.82, 2.24) is 5.32 Å². The van der Waals surface area contributed by atoms with E-state index in [4.69, 9.17) is 5.11 Å². The van der Waals surface area contributed by atoms with Crippen LogP contribution in [-0.4, -0.2) is 23.8 Å². The van der Waals surface area contributed by atoms with Crippen molar-refractivity contribution in [2.75, 3.05) is 6.61 Å². The molecule has 3 unspecified atom stereocenters. The molecule has 2 heteroatoms. The third kappa shape index (κ3) is 2.96. The summed E-state index contributed by atoms with van der Waals surface area (Å²) in [4.78, 5) is 0. The average molecular weight is 199 g/mol. The Balaban J connectivity index is 2.41. The van der Waals surface area contributed by atoms with Gasteiger partial charge in [-0.2, -0.15) is 0 Å². The van der Waals surface area contributed by atoms with Crippen molar-refractivity contribution in [3.63, 3.8) is 0 Å². The van der Waals surface area contributed by atoms with Crippen molar-refractivity contribution >= 4 is 0 Å². The van der Waals surface area contributed by atoms with Crippen molar-refractivity contribution in [1.29, 1.82) is 0 Å². The van der Waals surface area contributed by atoms with Crippen LogP contribution in [0.2, 0.25) is 0 Å². The summed E-state index contributed by atoms with van der Waals surface area (Å²) >= 11 is 0. The van der Waals surface area contributed by atoms with Crippen LogP contribution in [-0.2, 0) is 0 Å². The largest absolute Gasteiger partial charge is 0.395 e. The van der Waals surface area contributed by atoms with Gasteiger partial charge in [-0.3, -0.25) is 0 Å². The predicted molar refractivity (Wildman–Crippen MR) is 60.3 cm³/mol. The number of aliphatic hydroxyl groups excluding tert-OH is 1. The molecule has 0 aromatic heterocycles. The molecule has 1 rings (SSSR count). The van der Waals surface area contributed by atoms with E-state index in [1.54, 1.807) is 0 Å². The maximum atomic E-state index is 9.15. The monoisotopic (exact) mass is 199 g/mol. The van der Waals surface area contributed by atoms with E-state index < -0.39 is 0 Å². The van der Waals surface area contributed by atoms with Crippen LogP contribution in [0.1, 0.15) is 46.5 Å². The zero-order valence-corrected chi connectivity index (χ0v) is 9.79. The summed E-state index contributed by atoms with van der Waals surface area (Å²) in [5.41, 5.74) is 0. The molecule has 0 aromatic carbocycles. The highest BCUT2D eigenvalue weighted by atomic mass is 16.3. The molecule has 0 bridgehead atoms.